The highest BCUT2D eigenvalue weighted by molar-refractivity contribution is 9.10. The van der Waals surface area contributed by atoms with Crippen molar-refractivity contribution in [3.8, 4) is 5.75 Å². The van der Waals surface area contributed by atoms with Crippen molar-refractivity contribution in [2.45, 2.75) is 18.7 Å². The van der Waals surface area contributed by atoms with Gasteiger partial charge < -0.3 is 15.4 Å². The van der Waals surface area contributed by atoms with Gasteiger partial charge in [-0.2, -0.15) is 0 Å². The molecule has 0 aliphatic carbocycles. The second-order valence-electron chi connectivity index (χ2n) is 8.06. The molecule has 2 N–H and O–H groups in total. The minimum atomic E-state index is -1.12. The second kappa shape index (κ2) is 8.47. The van der Waals surface area contributed by atoms with Gasteiger partial charge in [0.05, 0.1) is 6.04 Å². The van der Waals surface area contributed by atoms with Crippen LogP contribution in [0.4, 0.5) is 11.4 Å². The van der Waals surface area contributed by atoms with Gasteiger partial charge in [-0.15, -0.1) is 0 Å². The molecule has 0 aromatic heterocycles. The molecule has 0 saturated carbocycles. The van der Waals surface area contributed by atoms with Crippen LogP contribution in [0.15, 0.2) is 71.2 Å². The average Bonchev–Trinajstić information content (AvgIpc) is 2.75. The number of amides is 1. The molecule has 33 heavy (non-hydrogen) atoms. The molecule has 3 unspecified atom stereocenters. The number of hydrogen-bond acceptors (Lipinski definition) is 3. The molecule has 2 aliphatic rings. The molecule has 3 aromatic rings. The van der Waals surface area contributed by atoms with E-state index in [9.17, 15) is 4.79 Å². The van der Waals surface area contributed by atoms with Crippen LogP contribution in [-0.4, -0.2) is 16.7 Å². The molecule has 5 nitrogen and oxygen atoms in total. The number of ether oxygens (including phenoxy) is 1. The van der Waals surface area contributed by atoms with Gasteiger partial charge in [0, 0.05) is 31.5 Å². The van der Waals surface area contributed by atoms with Crippen molar-refractivity contribution in [2.24, 2.45) is 5.92 Å². The van der Waals surface area contributed by atoms with E-state index < -0.39 is 17.7 Å². The van der Waals surface area contributed by atoms with E-state index in [4.69, 9.17) is 40.2 Å². The normalized spacial score (nSPS) is 23.3. The molecule has 3 atom stereocenters. The zero-order valence-electron chi connectivity index (χ0n) is 17.3. The number of nitrogens with one attached hydrogen (secondary N) is 2. The largest absolute Gasteiger partial charge is 0.467 e. The summed E-state index contributed by atoms with van der Waals surface area (Å²) in [7, 11) is 0. The molecule has 0 radical (unpaired) electrons. The Morgan fingerprint density at radius 3 is 2.61 bits per heavy atom. The van der Waals surface area contributed by atoms with Crippen molar-refractivity contribution in [1.29, 1.82) is 0 Å². The zero-order valence-corrected chi connectivity index (χ0v) is 21.2. The van der Waals surface area contributed by atoms with Gasteiger partial charge in [0.2, 0.25) is 5.91 Å². The van der Waals surface area contributed by atoms with E-state index in [1.165, 1.54) is 0 Å². The molecule has 1 saturated heterocycles. The van der Waals surface area contributed by atoms with Crippen LogP contribution in [0.25, 0.3) is 0 Å². The minimum absolute atomic E-state index is 0.211. The highest BCUT2D eigenvalue weighted by Crippen LogP contribution is 2.50. The monoisotopic (exact) mass is 561 g/mol. The van der Waals surface area contributed by atoms with E-state index in [2.05, 4.69) is 26.6 Å². The summed E-state index contributed by atoms with van der Waals surface area (Å²) in [6.45, 7) is 1.88. The maximum atomic E-state index is 13.7. The fraction of sp³-hybridized carbons (Fsp3) is 0.167. The molecule has 1 fully saturated rings. The van der Waals surface area contributed by atoms with E-state index in [1.54, 1.807) is 36.4 Å². The van der Waals surface area contributed by atoms with E-state index >= 15 is 0 Å². The van der Waals surface area contributed by atoms with Gasteiger partial charge in [-0.25, -0.2) is 0 Å². The number of halogens is 3. The standard InChI is InChI=1S/C24H18BrCl2N3O2S/c1-24-20(22(31)28-16-8-6-14(26)7-9-16)21(18-11-13(25)5-10-19(18)32-24)29-23(33)30(24)17-4-2-3-15(27)12-17/h2-12,20-21H,1H3,(H,28,31)(H,29,33). The first kappa shape index (κ1) is 22.5. The highest BCUT2D eigenvalue weighted by atomic mass is 79.9. The Balaban J connectivity index is 1.63. The number of carbonyl (C=O) groups excluding carboxylic acids is 1. The number of benzene rings is 3. The van der Waals surface area contributed by atoms with Crippen molar-refractivity contribution >= 4 is 73.7 Å². The van der Waals surface area contributed by atoms with E-state index in [0.29, 0.717) is 26.6 Å². The number of fused-ring (bicyclic) bond motifs is 4. The Bertz CT molecular complexity index is 1270. The lowest BCUT2D eigenvalue weighted by molar-refractivity contribution is -0.130. The number of rotatable bonds is 3. The minimum Gasteiger partial charge on any atom is -0.467 e. The Kier molecular flexibility index (Phi) is 5.77. The quantitative estimate of drug-likeness (QED) is 0.354. The summed E-state index contributed by atoms with van der Waals surface area (Å²) in [6, 6.07) is 19.7. The van der Waals surface area contributed by atoms with Gasteiger partial charge >= 0.3 is 0 Å². The van der Waals surface area contributed by atoms with Crippen LogP contribution >= 0.6 is 51.3 Å². The molecule has 1 amide bonds. The Morgan fingerprint density at radius 2 is 1.88 bits per heavy atom. The van der Waals surface area contributed by atoms with Crippen LogP contribution in [0, 0.1) is 5.92 Å². The molecule has 168 valence electrons. The van der Waals surface area contributed by atoms with Crippen LogP contribution in [0.5, 0.6) is 5.75 Å². The maximum absolute atomic E-state index is 13.7. The molecule has 0 spiro atoms. The second-order valence-corrected chi connectivity index (χ2v) is 10.2. The lowest BCUT2D eigenvalue weighted by Crippen LogP contribution is -2.72. The van der Waals surface area contributed by atoms with E-state index in [1.807, 2.05) is 42.2 Å². The van der Waals surface area contributed by atoms with E-state index in [0.717, 1.165) is 15.7 Å². The molecular formula is C24H18BrCl2N3O2S. The SMILES string of the molecule is CC12Oc3ccc(Br)cc3C(NC(=S)N1c1cccc(Cl)c1)C2C(=O)Nc1ccc(Cl)cc1. The lowest BCUT2D eigenvalue weighted by atomic mass is 9.78. The van der Waals surface area contributed by atoms with Crippen molar-refractivity contribution in [1.82, 2.24) is 5.32 Å². The molecule has 2 aliphatic heterocycles. The van der Waals surface area contributed by atoms with Crippen molar-refractivity contribution < 1.29 is 9.53 Å². The summed E-state index contributed by atoms with van der Waals surface area (Å²) in [5.74, 6) is -0.179. The van der Waals surface area contributed by atoms with Gasteiger partial charge in [-0.3, -0.25) is 9.69 Å². The van der Waals surface area contributed by atoms with Crippen molar-refractivity contribution in [3.63, 3.8) is 0 Å². The zero-order chi connectivity index (χ0) is 23.3. The summed E-state index contributed by atoms with van der Waals surface area (Å²) < 4.78 is 7.45. The summed E-state index contributed by atoms with van der Waals surface area (Å²) in [5.41, 5.74) is 1.11. The van der Waals surface area contributed by atoms with Gasteiger partial charge in [0.25, 0.3) is 0 Å². The maximum Gasteiger partial charge on any atom is 0.236 e. The fourth-order valence-electron chi connectivity index (χ4n) is 4.51. The first-order chi connectivity index (χ1) is 15.8. The smallest absolute Gasteiger partial charge is 0.236 e. The van der Waals surface area contributed by atoms with Crippen LogP contribution in [0.3, 0.4) is 0 Å². The summed E-state index contributed by atoms with van der Waals surface area (Å²) in [4.78, 5) is 15.6. The van der Waals surface area contributed by atoms with Gasteiger partial charge in [-0.1, -0.05) is 45.2 Å². The summed E-state index contributed by atoms with van der Waals surface area (Å²) >= 11 is 21.6. The fourth-order valence-corrected chi connectivity index (χ4v) is 5.61. The van der Waals surface area contributed by atoms with Gasteiger partial charge in [0.1, 0.15) is 11.7 Å². The first-order valence-corrected chi connectivity index (χ1v) is 12.1. The van der Waals surface area contributed by atoms with Crippen molar-refractivity contribution in [3.05, 3.63) is 86.8 Å². The number of anilines is 2. The van der Waals surface area contributed by atoms with Crippen LogP contribution in [0.1, 0.15) is 18.5 Å². The van der Waals surface area contributed by atoms with Crippen LogP contribution < -0.4 is 20.3 Å². The predicted molar refractivity (Wildman–Crippen MR) is 139 cm³/mol. The topological polar surface area (TPSA) is 53.6 Å². The highest BCUT2D eigenvalue weighted by Gasteiger charge is 2.59. The Morgan fingerprint density at radius 1 is 1.12 bits per heavy atom. The number of hydrogen-bond donors (Lipinski definition) is 2. The van der Waals surface area contributed by atoms with E-state index in [-0.39, 0.29) is 5.91 Å². The molecule has 2 bridgehead atoms. The average molecular weight is 563 g/mol. The van der Waals surface area contributed by atoms with Crippen molar-refractivity contribution in [2.75, 3.05) is 10.2 Å². The summed E-state index contributed by atoms with van der Waals surface area (Å²) in [5, 5.41) is 7.99. The molecule has 9 heteroatoms. The Hall–Kier alpha value is -2.32. The number of nitrogens with zero attached hydrogens (tertiary/aromatic N) is 1. The number of thiocarbonyl (C=S) groups is 1. The predicted octanol–water partition coefficient (Wildman–Crippen LogP) is 6.56. The Labute approximate surface area is 215 Å². The third kappa shape index (κ3) is 3.97. The summed E-state index contributed by atoms with van der Waals surface area (Å²) in [6.07, 6.45) is 0. The number of carbonyl (C=O) groups is 1. The third-order valence-electron chi connectivity index (χ3n) is 5.92. The lowest BCUT2D eigenvalue weighted by Gasteiger charge is -2.56. The molecule has 3 aromatic carbocycles. The molecule has 2 heterocycles. The van der Waals surface area contributed by atoms with Gasteiger partial charge in [0.15, 0.2) is 10.8 Å². The van der Waals surface area contributed by atoms with Gasteiger partial charge in [-0.05, 0) is 79.8 Å². The van der Waals surface area contributed by atoms with Crippen LogP contribution in [-0.2, 0) is 4.79 Å². The first-order valence-electron chi connectivity index (χ1n) is 10.2. The molecular weight excluding hydrogens is 545 g/mol. The van der Waals surface area contributed by atoms with Crippen LogP contribution in [0.2, 0.25) is 10.0 Å². The molecule has 5 rings (SSSR count). The third-order valence-corrected chi connectivity index (χ3v) is 7.20.